The van der Waals surface area contributed by atoms with Crippen LogP contribution in [0.4, 0.5) is 0 Å². The molecule has 78 valence electrons. The highest BCUT2D eigenvalue weighted by molar-refractivity contribution is 5.74. The molecule has 0 aliphatic heterocycles. The predicted molar refractivity (Wildman–Crippen MR) is 60.3 cm³/mol. The molecule has 2 aromatic rings. The Kier molecular flexibility index (Phi) is 2.49. The Morgan fingerprint density at radius 3 is 3.00 bits per heavy atom. The third-order valence-electron chi connectivity index (χ3n) is 2.24. The summed E-state index contributed by atoms with van der Waals surface area (Å²) in [6, 6.07) is 0. The van der Waals surface area contributed by atoms with Gasteiger partial charge in [0, 0.05) is 6.54 Å². The van der Waals surface area contributed by atoms with Crippen LogP contribution in [0.1, 0.15) is 26.1 Å². The molecule has 0 saturated carbocycles. The lowest BCUT2D eigenvalue weighted by molar-refractivity contribution is 0.682. The van der Waals surface area contributed by atoms with E-state index in [4.69, 9.17) is 0 Å². The summed E-state index contributed by atoms with van der Waals surface area (Å²) in [5.41, 5.74) is 2.69. The Bertz CT molecular complexity index is 498. The number of imidazole rings is 1. The minimum Gasteiger partial charge on any atom is -0.309 e. The number of hydrogen-bond donors (Lipinski definition) is 0. The largest absolute Gasteiger partial charge is 0.309 e. The maximum atomic E-state index is 4.47. The minimum absolute atomic E-state index is 0.837. The topological polar surface area (TPSA) is 43.6 Å². The van der Waals surface area contributed by atoms with Gasteiger partial charge in [-0.05, 0) is 18.9 Å². The molecule has 0 unspecified atom stereocenters. The van der Waals surface area contributed by atoms with Crippen molar-refractivity contribution < 1.29 is 0 Å². The lowest BCUT2D eigenvalue weighted by atomic mass is 10.3. The second kappa shape index (κ2) is 3.81. The van der Waals surface area contributed by atoms with Gasteiger partial charge >= 0.3 is 0 Å². The zero-order valence-corrected chi connectivity index (χ0v) is 9.06. The predicted octanol–water partition coefficient (Wildman–Crippen LogP) is 2.27. The summed E-state index contributed by atoms with van der Waals surface area (Å²) in [7, 11) is 0. The second-order valence-electron chi connectivity index (χ2n) is 3.60. The standard InChI is InChI=1S/C11H14N4/c1-4-5-15-10(8(2)3)14-9-6-12-7-13-11(9)15/h6-7H,2,4-5H2,1,3H3. The summed E-state index contributed by atoms with van der Waals surface area (Å²) < 4.78 is 2.10. The number of fused-ring (bicyclic) bond motifs is 1. The van der Waals surface area contributed by atoms with Gasteiger partial charge in [-0.3, -0.25) is 0 Å². The van der Waals surface area contributed by atoms with Gasteiger partial charge in [-0.1, -0.05) is 13.5 Å². The first-order valence-electron chi connectivity index (χ1n) is 5.06. The number of allylic oxidation sites excluding steroid dienone is 1. The highest BCUT2D eigenvalue weighted by Crippen LogP contribution is 2.18. The SMILES string of the molecule is C=C(C)c1nc2cncnc2n1CCC. The van der Waals surface area contributed by atoms with Gasteiger partial charge in [0.1, 0.15) is 17.7 Å². The molecule has 0 radical (unpaired) electrons. The van der Waals surface area contributed by atoms with Crippen molar-refractivity contribution in [3.8, 4) is 0 Å². The minimum atomic E-state index is 0.837. The zero-order chi connectivity index (χ0) is 10.8. The summed E-state index contributed by atoms with van der Waals surface area (Å²) in [5.74, 6) is 0.910. The van der Waals surface area contributed by atoms with Crippen molar-refractivity contribution in [2.75, 3.05) is 0 Å². The molecular formula is C11H14N4. The molecule has 4 nitrogen and oxygen atoms in total. The molecular weight excluding hydrogens is 188 g/mol. The number of aryl methyl sites for hydroxylation is 1. The van der Waals surface area contributed by atoms with Crippen LogP contribution in [0.3, 0.4) is 0 Å². The van der Waals surface area contributed by atoms with Crippen LogP contribution in [-0.4, -0.2) is 19.5 Å². The molecule has 0 bridgehead atoms. The van der Waals surface area contributed by atoms with Crippen molar-refractivity contribution in [3.63, 3.8) is 0 Å². The summed E-state index contributed by atoms with van der Waals surface area (Å²) in [5, 5.41) is 0. The number of aromatic nitrogens is 4. The first-order valence-corrected chi connectivity index (χ1v) is 5.06. The fourth-order valence-corrected chi connectivity index (χ4v) is 1.64. The number of nitrogens with zero attached hydrogens (tertiary/aromatic N) is 4. The quantitative estimate of drug-likeness (QED) is 0.766. The number of rotatable bonds is 3. The summed E-state index contributed by atoms with van der Waals surface area (Å²) in [4.78, 5) is 12.7. The first-order chi connectivity index (χ1) is 7.24. The maximum Gasteiger partial charge on any atom is 0.163 e. The van der Waals surface area contributed by atoms with Crippen LogP contribution in [0.25, 0.3) is 16.7 Å². The van der Waals surface area contributed by atoms with Gasteiger partial charge in [0.25, 0.3) is 0 Å². The Morgan fingerprint density at radius 2 is 2.33 bits per heavy atom. The van der Waals surface area contributed by atoms with Crippen LogP contribution in [0.15, 0.2) is 19.1 Å². The van der Waals surface area contributed by atoms with E-state index in [-0.39, 0.29) is 0 Å². The van der Waals surface area contributed by atoms with E-state index in [9.17, 15) is 0 Å². The highest BCUT2D eigenvalue weighted by Gasteiger charge is 2.10. The van der Waals surface area contributed by atoms with Crippen LogP contribution in [0, 0.1) is 0 Å². The Balaban J connectivity index is 2.68. The smallest absolute Gasteiger partial charge is 0.163 e. The van der Waals surface area contributed by atoms with Crippen LogP contribution < -0.4 is 0 Å². The molecule has 0 spiro atoms. The van der Waals surface area contributed by atoms with Gasteiger partial charge in [0.05, 0.1) is 6.20 Å². The molecule has 0 aliphatic carbocycles. The molecule has 0 saturated heterocycles. The molecule has 15 heavy (non-hydrogen) atoms. The lowest BCUT2D eigenvalue weighted by Gasteiger charge is -2.05. The second-order valence-corrected chi connectivity index (χ2v) is 3.60. The van der Waals surface area contributed by atoms with Crippen LogP contribution in [0.2, 0.25) is 0 Å². The van der Waals surface area contributed by atoms with Crippen molar-refractivity contribution in [3.05, 3.63) is 24.9 Å². The Hall–Kier alpha value is -1.71. The monoisotopic (exact) mass is 202 g/mol. The molecule has 2 heterocycles. The molecule has 0 atom stereocenters. The average Bonchev–Trinajstić information content (AvgIpc) is 2.58. The zero-order valence-electron chi connectivity index (χ0n) is 9.06. The number of hydrogen-bond acceptors (Lipinski definition) is 3. The van der Waals surface area contributed by atoms with E-state index >= 15 is 0 Å². The van der Waals surface area contributed by atoms with E-state index in [1.165, 1.54) is 0 Å². The van der Waals surface area contributed by atoms with Gasteiger partial charge in [-0.2, -0.15) is 0 Å². The van der Waals surface area contributed by atoms with E-state index in [1.54, 1.807) is 12.5 Å². The van der Waals surface area contributed by atoms with Crippen LogP contribution in [-0.2, 0) is 6.54 Å². The molecule has 2 aromatic heterocycles. The van der Waals surface area contributed by atoms with Gasteiger partial charge < -0.3 is 4.57 Å². The fraction of sp³-hybridized carbons (Fsp3) is 0.364. The summed E-state index contributed by atoms with van der Waals surface area (Å²) in [6.07, 6.45) is 4.34. The maximum absolute atomic E-state index is 4.47. The van der Waals surface area contributed by atoms with Crippen molar-refractivity contribution in [1.82, 2.24) is 19.5 Å². The van der Waals surface area contributed by atoms with Crippen molar-refractivity contribution in [2.24, 2.45) is 0 Å². The van der Waals surface area contributed by atoms with E-state index < -0.39 is 0 Å². The summed E-state index contributed by atoms with van der Waals surface area (Å²) >= 11 is 0. The molecule has 0 N–H and O–H groups in total. The summed E-state index contributed by atoms with van der Waals surface area (Å²) in [6.45, 7) is 8.94. The average molecular weight is 202 g/mol. The fourth-order valence-electron chi connectivity index (χ4n) is 1.64. The highest BCUT2D eigenvalue weighted by atomic mass is 15.1. The van der Waals surface area contributed by atoms with Crippen molar-refractivity contribution in [1.29, 1.82) is 0 Å². The van der Waals surface area contributed by atoms with E-state index in [0.717, 1.165) is 35.5 Å². The van der Waals surface area contributed by atoms with Crippen molar-refractivity contribution in [2.45, 2.75) is 26.8 Å². The van der Waals surface area contributed by atoms with Crippen LogP contribution in [0.5, 0.6) is 0 Å². The van der Waals surface area contributed by atoms with Crippen LogP contribution >= 0.6 is 0 Å². The van der Waals surface area contributed by atoms with E-state index in [1.807, 2.05) is 6.92 Å². The first kappa shape index (κ1) is 9.83. The molecule has 0 aromatic carbocycles. The molecule has 4 heteroatoms. The Labute approximate surface area is 88.7 Å². The lowest BCUT2D eigenvalue weighted by Crippen LogP contribution is -2.02. The van der Waals surface area contributed by atoms with Gasteiger partial charge in [0.15, 0.2) is 5.65 Å². The normalized spacial score (nSPS) is 10.8. The third-order valence-corrected chi connectivity index (χ3v) is 2.24. The van der Waals surface area contributed by atoms with Gasteiger partial charge in [0.2, 0.25) is 0 Å². The van der Waals surface area contributed by atoms with E-state index in [0.29, 0.717) is 0 Å². The molecule has 2 rings (SSSR count). The molecule has 0 amide bonds. The molecule has 0 aliphatic rings. The molecule has 0 fully saturated rings. The van der Waals surface area contributed by atoms with Gasteiger partial charge in [-0.15, -0.1) is 0 Å². The van der Waals surface area contributed by atoms with Gasteiger partial charge in [-0.25, -0.2) is 15.0 Å². The third kappa shape index (κ3) is 1.63. The Morgan fingerprint density at radius 1 is 1.53 bits per heavy atom. The van der Waals surface area contributed by atoms with Crippen molar-refractivity contribution >= 4 is 16.7 Å². The van der Waals surface area contributed by atoms with E-state index in [2.05, 4.69) is 33.0 Å².